The van der Waals surface area contributed by atoms with Crippen LogP contribution in [-0.2, 0) is 31.1 Å². The van der Waals surface area contributed by atoms with Crippen LogP contribution in [0.1, 0.15) is 205 Å². The molecule has 0 spiro atoms. The number of benzene rings is 10. The Morgan fingerprint density at radius 2 is 0.663 bits per heavy atom. The highest BCUT2D eigenvalue weighted by molar-refractivity contribution is 5.46. The van der Waals surface area contributed by atoms with Crippen LogP contribution in [0, 0.1) is 101 Å². The van der Waals surface area contributed by atoms with Crippen molar-refractivity contribution in [1.29, 1.82) is 0 Å². The van der Waals surface area contributed by atoms with Gasteiger partial charge in [-0.15, -0.1) is 0 Å². The highest BCUT2D eigenvalue weighted by Crippen LogP contribution is 2.36. The summed E-state index contributed by atoms with van der Waals surface area (Å²) < 4.78 is 11.9. The second kappa shape index (κ2) is 38.4. The van der Waals surface area contributed by atoms with Gasteiger partial charge in [0.05, 0.1) is 0 Å². The summed E-state index contributed by atoms with van der Waals surface area (Å²) in [6.45, 7) is 48.6. The van der Waals surface area contributed by atoms with Crippen LogP contribution in [0.3, 0.4) is 0 Å². The van der Waals surface area contributed by atoms with Crippen molar-refractivity contribution in [1.82, 2.24) is 0 Å². The van der Waals surface area contributed by atoms with Gasteiger partial charge in [0.1, 0.15) is 23.0 Å². The predicted octanol–water partition coefficient (Wildman–Crippen LogP) is 26.9. The van der Waals surface area contributed by atoms with Crippen molar-refractivity contribution in [2.24, 2.45) is 11.3 Å². The Bertz CT molecular complexity index is 3650. The van der Waals surface area contributed by atoms with Crippen LogP contribution in [0.15, 0.2) is 212 Å². The van der Waals surface area contributed by atoms with Gasteiger partial charge in [-0.2, -0.15) is 0 Å². The maximum atomic E-state index is 5.97. The molecule has 0 aliphatic heterocycles. The van der Waals surface area contributed by atoms with Crippen molar-refractivity contribution >= 4 is 0 Å². The highest BCUT2D eigenvalue weighted by Gasteiger charge is 2.23. The lowest BCUT2D eigenvalue weighted by Gasteiger charge is -2.26. The first-order chi connectivity index (χ1) is 45.1. The number of ether oxygens (including phenoxy) is 2. The summed E-state index contributed by atoms with van der Waals surface area (Å²) >= 11 is 0. The van der Waals surface area contributed by atoms with Crippen LogP contribution in [-0.4, -0.2) is 0 Å². The van der Waals surface area contributed by atoms with Gasteiger partial charge in [-0.1, -0.05) is 284 Å². The third-order valence-electron chi connectivity index (χ3n) is 18.6. The standard InChI is InChI=1S/C29H28O2.C21H28.C15H16.C11H24.C9H12.C8H10/c1-21-5-13-25(14-6-21)30-27-17-9-23(10-18-27)29(3,4)24-11-19-28(20-12-24)31-26-15-7-22(2)8-16-26;1-7-20-12-18(9-14(3)16(20)5)11-19-10-15(4)17(6)21(8-2)13-19;1-12-3-7-14(8-4-12)11-15-9-5-13(2)6-10-15;1-6-8-10(3)9-11(4,5)7-2;1-7-4-5-8(2)9(3)6-7;1-7-4-3-5-8(2)6-7/h5-20H,1-4H3;9-10,12-13H,7-8,11H2,1-6H3;3-10H,11H2,1-2H3;10H,6-9H2,1-5H3;4-6H,1-3H3;3-6H,1-2H3. The molecule has 0 amide bonds. The summed E-state index contributed by atoms with van der Waals surface area (Å²) in [5, 5.41) is 0. The molecular formula is C93H118O2. The summed E-state index contributed by atoms with van der Waals surface area (Å²) in [7, 11) is 0. The van der Waals surface area contributed by atoms with E-state index < -0.39 is 0 Å². The maximum Gasteiger partial charge on any atom is 0.127 e. The Morgan fingerprint density at radius 1 is 0.326 bits per heavy atom. The van der Waals surface area contributed by atoms with Crippen molar-refractivity contribution in [2.75, 3.05) is 0 Å². The zero-order valence-electron chi connectivity index (χ0n) is 62.8. The molecule has 0 aliphatic rings. The molecule has 0 radical (unpaired) electrons. The zero-order chi connectivity index (χ0) is 69.8. The third-order valence-corrected chi connectivity index (χ3v) is 18.6. The summed E-state index contributed by atoms with van der Waals surface area (Å²) in [6, 6.07) is 74.8. The van der Waals surface area contributed by atoms with Gasteiger partial charge in [-0.05, 0) is 260 Å². The Labute approximate surface area is 578 Å². The minimum Gasteiger partial charge on any atom is -0.457 e. The van der Waals surface area contributed by atoms with E-state index in [-0.39, 0.29) is 5.41 Å². The van der Waals surface area contributed by atoms with E-state index in [0.29, 0.717) is 5.41 Å². The minimum atomic E-state index is -0.134. The Hall–Kier alpha value is -8.20. The van der Waals surface area contributed by atoms with Gasteiger partial charge >= 0.3 is 0 Å². The molecule has 502 valence electrons. The van der Waals surface area contributed by atoms with E-state index in [1.54, 1.807) is 0 Å². The van der Waals surface area contributed by atoms with Crippen LogP contribution in [0.25, 0.3) is 0 Å². The van der Waals surface area contributed by atoms with Crippen molar-refractivity contribution < 1.29 is 9.47 Å². The lowest BCUT2D eigenvalue weighted by atomic mass is 9.78. The van der Waals surface area contributed by atoms with Crippen LogP contribution in [0.4, 0.5) is 0 Å². The van der Waals surface area contributed by atoms with E-state index in [1.165, 1.54) is 143 Å². The maximum absolute atomic E-state index is 5.97. The summed E-state index contributed by atoms with van der Waals surface area (Å²) in [4.78, 5) is 0. The average molecular weight is 1270 g/mol. The van der Waals surface area contributed by atoms with E-state index in [0.717, 1.165) is 54.6 Å². The van der Waals surface area contributed by atoms with Crippen molar-refractivity contribution in [3.05, 3.63) is 329 Å². The fraction of sp³-hybridized carbons (Fsp3) is 0.355. The Morgan fingerprint density at radius 3 is 0.979 bits per heavy atom. The van der Waals surface area contributed by atoms with Gasteiger partial charge in [-0.3, -0.25) is 0 Å². The van der Waals surface area contributed by atoms with Crippen LogP contribution >= 0.6 is 0 Å². The quantitative estimate of drug-likeness (QED) is 0.0905. The molecule has 0 aromatic heterocycles. The van der Waals surface area contributed by atoms with Crippen LogP contribution < -0.4 is 9.47 Å². The van der Waals surface area contributed by atoms with Crippen LogP contribution in [0.2, 0.25) is 0 Å². The van der Waals surface area contributed by atoms with E-state index >= 15 is 0 Å². The number of hydrogen-bond donors (Lipinski definition) is 0. The molecule has 10 rings (SSSR count). The molecule has 2 heteroatoms. The molecule has 0 aliphatic carbocycles. The second-order valence-electron chi connectivity index (χ2n) is 28.3. The predicted molar refractivity (Wildman–Crippen MR) is 415 cm³/mol. The topological polar surface area (TPSA) is 18.5 Å². The lowest BCUT2D eigenvalue weighted by molar-refractivity contribution is 0.258. The molecular weight excluding hydrogens is 1150 g/mol. The van der Waals surface area contributed by atoms with Gasteiger partial charge in [0, 0.05) is 5.41 Å². The van der Waals surface area contributed by atoms with Gasteiger partial charge in [0.2, 0.25) is 0 Å². The van der Waals surface area contributed by atoms with Crippen molar-refractivity contribution in [3.8, 4) is 23.0 Å². The third kappa shape index (κ3) is 26.9. The zero-order valence-corrected chi connectivity index (χ0v) is 62.8. The van der Waals surface area contributed by atoms with Gasteiger partial charge in [-0.25, -0.2) is 0 Å². The number of hydrogen-bond acceptors (Lipinski definition) is 2. The van der Waals surface area contributed by atoms with E-state index in [4.69, 9.17) is 9.47 Å². The molecule has 0 fully saturated rings. The van der Waals surface area contributed by atoms with Gasteiger partial charge in [0.15, 0.2) is 0 Å². The first-order valence-corrected chi connectivity index (χ1v) is 35.2. The fourth-order valence-corrected chi connectivity index (χ4v) is 11.8. The van der Waals surface area contributed by atoms with Crippen molar-refractivity contribution in [2.45, 2.75) is 209 Å². The largest absolute Gasteiger partial charge is 0.457 e. The first-order valence-electron chi connectivity index (χ1n) is 35.2. The number of aryl methyl sites for hydroxylation is 13. The van der Waals surface area contributed by atoms with E-state index in [2.05, 4.69) is 316 Å². The summed E-state index contributed by atoms with van der Waals surface area (Å²) in [5.74, 6) is 4.29. The van der Waals surface area contributed by atoms with Crippen molar-refractivity contribution in [3.63, 3.8) is 0 Å². The summed E-state index contributed by atoms with van der Waals surface area (Å²) in [5.41, 5.74) is 29.1. The smallest absolute Gasteiger partial charge is 0.127 e. The molecule has 95 heavy (non-hydrogen) atoms. The first kappa shape index (κ1) is 77.5. The molecule has 1 atom stereocenters. The molecule has 0 bridgehead atoms. The average Bonchev–Trinajstić information content (AvgIpc) is 0.926. The molecule has 0 heterocycles. The molecule has 10 aromatic carbocycles. The molecule has 10 aromatic rings. The normalized spacial score (nSPS) is 11.1. The van der Waals surface area contributed by atoms with Gasteiger partial charge < -0.3 is 9.47 Å². The highest BCUT2D eigenvalue weighted by atomic mass is 16.5. The van der Waals surface area contributed by atoms with Crippen LogP contribution in [0.5, 0.6) is 23.0 Å². The summed E-state index contributed by atoms with van der Waals surface area (Å²) in [6.07, 6.45) is 9.73. The monoisotopic (exact) mass is 1270 g/mol. The lowest BCUT2D eigenvalue weighted by Crippen LogP contribution is -2.18. The fourth-order valence-electron chi connectivity index (χ4n) is 11.8. The molecule has 0 saturated heterocycles. The molecule has 0 saturated carbocycles. The number of rotatable bonds is 17. The van der Waals surface area contributed by atoms with E-state index in [1.807, 2.05) is 48.5 Å². The molecule has 2 nitrogen and oxygen atoms in total. The Kier molecular flexibility index (Phi) is 31.3. The van der Waals surface area contributed by atoms with Gasteiger partial charge in [0.25, 0.3) is 0 Å². The molecule has 0 N–H and O–H groups in total. The SMILES string of the molecule is CCCC(C)CC(C)(C)CC.CCc1cc(Cc2cc(C)c(C)c(CC)c2)cc(C)c1C.Cc1ccc(C)c(C)c1.Cc1ccc(Cc2ccc(C)cc2)cc1.Cc1ccc(Oc2ccc(C(C)(C)c3ccc(Oc4ccc(C)cc4)cc3)cc2)cc1.Cc1cccc(C)c1. The minimum absolute atomic E-state index is 0.134. The molecule has 1 unspecified atom stereocenters. The Balaban J connectivity index is 0.000000222. The second-order valence-corrected chi connectivity index (χ2v) is 28.3. The van der Waals surface area contributed by atoms with E-state index in [9.17, 15) is 0 Å².